The Hall–Kier alpha value is -1.30. The molecule has 0 aromatic rings. The summed E-state index contributed by atoms with van der Waals surface area (Å²) in [6.45, 7) is 2.27. The van der Waals surface area contributed by atoms with Gasteiger partial charge in [0, 0.05) is 6.54 Å². The quantitative estimate of drug-likeness (QED) is 0.339. The number of nitrogens with one attached hydrogen (secondary N) is 2. The van der Waals surface area contributed by atoms with Crippen LogP contribution in [0.5, 0.6) is 0 Å². The SMILES string of the molecule is CCCCCCCCCCCCNC(=O)NOCC(=O)O. The summed E-state index contributed by atoms with van der Waals surface area (Å²) in [5.41, 5.74) is 2.02. The number of hydrogen-bond acceptors (Lipinski definition) is 3. The molecule has 0 aliphatic carbocycles. The lowest BCUT2D eigenvalue weighted by molar-refractivity contribution is -0.144. The Bertz CT molecular complexity index is 272. The van der Waals surface area contributed by atoms with Crippen LogP contribution in [0.3, 0.4) is 0 Å². The summed E-state index contributed by atoms with van der Waals surface area (Å²) in [6, 6.07) is -0.493. The van der Waals surface area contributed by atoms with E-state index in [0.29, 0.717) is 6.54 Å². The number of carboxylic acids is 1. The van der Waals surface area contributed by atoms with Gasteiger partial charge in [0.1, 0.15) is 0 Å². The highest BCUT2D eigenvalue weighted by molar-refractivity contribution is 5.73. The minimum Gasteiger partial charge on any atom is -0.479 e. The van der Waals surface area contributed by atoms with E-state index in [9.17, 15) is 9.59 Å². The third-order valence-electron chi connectivity index (χ3n) is 3.18. The molecule has 0 bridgehead atoms. The van der Waals surface area contributed by atoms with Gasteiger partial charge in [0.15, 0.2) is 6.61 Å². The lowest BCUT2D eigenvalue weighted by Crippen LogP contribution is -2.37. The van der Waals surface area contributed by atoms with Crippen LogP contribution in [0.15, 0.2) is 0 Å². The molecule has 0 aliphatic rings. The summed E-state index contributed by atoms with van der Waals surface area (Å²) in [5.74, 6) is -1.12. The molecule has 0 heterocycles. The number of rotatable bonds is 14. The average Bonchev–Trinajstić information content (AvgIpc) is 2.44. The van der Waals surface area contributed by atoms with Gasteiger partial charge in [0.2, 0.25) is 0 Å². The second-order valence-corrected chi connectivity index (χ2v) is 5.22. The van der Waals surface area contributed by atoms with Crippen molar-refractivity contribution in [2.24, 2.45) is 0 Å². The highest BCUT2D eigenvalue weighted by Crippen LogP contribution is 2.10. The van der Waals surface area contributed by atoms with Crippen LogP contribution in [0.2, 0.25) is 0 Å². The van der Waals surface area contributed by atoms with Crippen molar-refractivity contribution in [1.29, 1.82) is 0 Å². The molecule has 0 saturated carbocycles. The standard InChI is InChI=1S/C15H30N2O4/c1-2-3-4-5-6-7-8-9-10-11-12-16-15(20)17-21-13-14(18)19/h2-13H2,1H3,(H,18,19)(H2,16,17,20). The first-order chi connectivity index (χ1) is 10.2. The number of amides is 2. The molecular weight excluding hydrogens is 272 g/mol. The Kier molecular flexibility index (Phi) is 14.2. The number of hydroxylamine groups is 1. The van der Waals surface area contributed by atoms with Crippen LogP contribution in [0, 0.1) is 0 Å². The molecule has 0 spiro atoms. The van der Waals surface area contributed by atoms with Crippen molar-refractivity contribution in [2.75, 3.05) is 13.2 Å². The van der Waals surface area contributed by atoms with E-state index in [1.54, 1.807) is 0 Å². The van der Waals surface area contributed by atoms with Crippen molar-refractivity contribution in [3.8, 4) is 0 Å². The summed E-state index contributed by atoms with van der Waals surface area (Å²) in [7, 11) is 0. The van der Waals surface area contributed by atoms with Crippen LogP contribution in [0.4, 0.5) is 4.79 Å². The van der Waals surface area contributed by atoms with E-state index in [2.05, 4.69) is 17.1 Å². The molecule has 21 heavy (non-hydrogen) atoms. The number of hydrogen-bond donors (Lipinski definition) is 3. The number of carboxylic acid groups (broad SMARTS) is 1. The van der Waals surface area contributed by atoms with Gasteiger partial charge in [0.05, 0.1) is 0 Å². The summed E-state index contributed by atoms with van der Waals surface area (Å²) < 4.78 is 0. The summed E-state index contributed by atoms with van der Waals surface area (Å²) in [6.07, 6.45) is 12.5. The van der Waals surface area contributed by atoms with Gasteiger partial charge in [-0.15, -0.1) is 0 Å². The smallest absolute Gasteiger partial charge is 0.338 e. The molecule has 0 atom stereocenters. The van der Waals surface area contributed by atoms with E-state index in [4.69, 9.17) is 5.11 Å². The molecule has 0 rings (SSSR count). The lowest BCUT2D eigenvalue weighted by Gasteiger charge is -2.06. The Labute approximate surface area is 127 Å². The maximum absolute atomic E-state index is 11.1. The zero-order chi connectivity index (χ0) is 15.8. The molecule has 0 saturated heterocycles. The first-order valence-electron chi connectivity index (χ1n) is 8.04. The van der Waals surface area contributed by atoms with E-state index in [-0.39, 0.29) is 0 Å². The largest absolute Gasteiger partial charge is 0.479 e. The zero-order valence-corrected chi connectivity index (χ0v) is 13.2. The van der Waals surface area contributed by atoms with Gasteiger partial charge in [0.25, 0.3) is 0 Å². The monoisotopic (exact) mass is 302 g/mol. The van der Waals surface area contributed by atoms with Gasteiger partial charge in [-0.1, -0.05) is 64.7 Å². The van der Waals surface area contributed by atoms with Gasteiger partial charge in [-0.2, -0.15) is 0 Å². The van der Waals surface area contributed by atoms with Gasteiger partial charge >= 0.3 is 12.0 Å². The molecule has 0 radical (unpaired) electrons. The molecule has 3 N–H and O–H groups in total. The van der Waals surface area contributed by atoms with Crippen molar-refractivity contribution in [1.82, 2.24) is 10.8 Å². The second kappa shape index (κ2) is 15.1. The number of urea groups is 1. The molecule has 0 aliphatic heterocycles. The number of aliphatic carboxylic acids is 1. The van der Waals surface area contributed by atoms with Crippen LogP contribution >= 0.6 is 0 Å². The van der Waals surface area contributed by atoms with Crippen LogP contribution < -0.4 is 10.8 Å². The molecule has 6 nitrogen and oxygen atoms in total. The Morgan fingerprint density at radius 1 is 0.905 bits per heavy atom. The normalized spacial score (nSPS) is 10.3. The fourth-order valence-electron chi connectivity index (χ4n) is 2.01. The molecule has 0 aromatic carbocycles. The third-order valence-corrected chi connectivity index (χ3v) is 3.18. The highest BCUT2D eigenvalue weighted by Gasteiger charge is 2.01. The van der Waals surface area contributed by atoms with E-state index < -0.39 is 18.6 Å². The maximum atomic E-state index is 11.1. The number of carbonyl (C=O) groups excluding carboxylic acids is 1. The van der Waals surface area contributed by atoms with E-state index in [1.165, 1.54) is 51.4 Å². The predicted octanol–water partition coefficient (Wildman–Crippen LogP) is 3.22. The van der Waals surface area contributed by atoms with E-state index >= 15 is 0 Å². The van der Waals surface area contributed by atoms with E-state index in [1.807, 2.05) is 5.48 Å². The first kappa shape index (κ1) is 19.7. The Morgan fingerprint density at radius 2 is 1.43 bits per heavy atom. The summed E-state index contributed by atoms with van der Waals surface area (Å²) >= 11 is 0. The number of carbonyl (C=O) groups is 2. The second-order valence-electron chi connectivity index (χ2n) is 5.22. The van der Waals surface area contributed by atoms with Crippen molar-refractivity contribution in [2.45, 2.75) is 71.1 Å². The molecule has 2 amide bonds. The molecular formula is C15H30N2O4. The maximum Gasteiger partial charge on any atom is 0.338 e. The van der Waals surface area contributed by atoms with Crippen LogP contribution in [0.1, 0.15) is 71.1 Å². The van der Waals surface area contributed by atoms with E-state index in [0.717, 1.165) is 12.8 Å². The van der Waals surface area contributed by atoms with Crippen molar-refractivity contribution in [3.63, 3.8) is 0 Å². The summed E-state index contributed by atoms with van der Waals surface area (Å²) in [4.78, 5) is 25.7. The van der Waals surface area contributed by atoms with Crippen molar-refractivity contribution in [3.05, 3.63) is 0 Å². The number of unbranched alkanes of at least 4 members (excludes halogenated alkanes) is 9. The molecule has 124 valence electrons. The molecule has 0 unspecified atom stereocenters. The highest BCUT2D eigenvalue weighted by atomic mass is 16.7. The predicted molar refractivity (Wildman–Crippen MR) is 82.0 cm³/mol. The average molecular weight is 302 g/mol. The van der Waals surface area contributed by atoms with Gasteiger partial charge in [-0.25, -0.2) is 15.1 Å². The van der Waals surface area contributed by atoms with Crippen LogP contribution in [-0.4, -0.2) is 30.3 Å². The zero-order valence-electron chi connectivity index (χ0n) is 13.2. The minimum absolute atomic E-state index is 0.493. The van der Waals surface area contributed by atoms with Crippen molar-refractivity contribution < 1.29 is 19.5 Å². The Balaban J connectivity index is 3.14. The molecule has 0 fully saturated rings. The Morgan fingerprint density at radius 3 is 1.95 bits per heavy atom. The fraction of sp³-hybridized carbons (Fsp3) is 0.867. The minimum atomic E-state index is -1.12. The van der Waals surface area contributed by atoms with Gasteiger partial charge in [-0.3, -0.25) is 4.84 Å². The third kappa shape index (κ3) is 16.6. The van der Waals surface area contributed by atoms with Gasteiger partial charge < -0.3 is 10.4 Å². The van der Waals surface area contributed by atoms with Gasteiger partial charge in [-0.05, 0) is 6.42 Å². The summed E-state index contributed by atoms with van der Waals surface area (Å²) in [5, 5.41) is 10.9. The topological polar surface area (TPSA) is 87.7 Å². The molecule has 0 aromatic heterocycles. The van der Waals surface area contributed by atoms with Crippen LogP contribution in [0.25, 0.3) is 0 Å². The van der Waals surface area contributed by atoms with Crippen molar-refractivity contribution >= 4 is 12.0 Å². The first-order valence-corrected chi connectivity index (χ1v) is 8.04. The molecule has 6 heteroatoms. The fourth-order valence-corrected chi connectivity index (χ4v) is 2.01. The van der Waals surface area contributed by atoms with Crippen LogP contribution in [-0.2, 0) is 9.63 Å². The lowest BCUT2D eigenvalue weighted by atomic mass is 10.1.